The van der Waals surface area contributed by atoms with Crippen LogP contribution in [0.15, 0.2) is 29.3 Å². The lowest BCUT2D eigenvalue weighted by atomic mass is 9.96. The molecule has 1 aromatic carbocycles. The van der Waals surface area contributed by atoms with Crippen molar-refractivity contribution in [3.8, 4) is 0 Å². The Morgan fingerprint density at radius 3 is 2.81 bits per heavy atom. The van der Waals surface area contributed by atoms with Gasteiger partial charge in [0.15, 0.2) is 0 Å². The molecule has 1 atom stereocenters. The molecule has 2 aromatic rings. The second-order valence-corrected chi connectivity index (χ2v) is 7.22. The first-order valence-corrected chi connectivity index (χ1v) is 8.65. The number of thioether (sulfide) groups is 1. The van der Waals surface area contributed by atoms with E-state index in [1.165, 1.54) is 40.1 Å². The van der Waals surface area contributed by atoms with Crippen LogP contribution < -0.4 is 5.73 Å². The van der Waals surface area contributed by atoms with Crippen molar-refractivity contribution in [2.75, 3.05) is 12.3 Å². The van der Waals surface area contributed by atoms with E-state index in [4.69, 9.17) is 5.73 Å². The summed E-state index contributed by atoms with van der Waals surface area (Å²) in [6.07, 6.45) is 2.45. The fourth-order valence-corrected chi connectivity index (χ4v) is 4.52. The number of rotatable bonds is 4. The van der Waals surface area contributed by atoms with Crippen molar-refractivity contribution in [3.63, 3.8) is 0 Å². The Balaban J connectivity index is 0.00000161. The number of fused-ring (bicyclic) bond motifs is 3. The summed E-state index contributed by atoms with van der Waals surface area (Å²) in [6.45, 7) is 6.49. The van der Waals surface area contributed by atoms with Crippen LogP contribution in [-0.4, -0.2) is 16.9 Å². The maximum atomic E-state index is 6.02. The Hall–Kier alpha value is -0.640. The van der Waals surface area contributed by atoms with Crippen LogP contribution in [0, 0.1) is 5.92 Å². The zero-order valence-corrected chi connectivity index (χ0v) is 14.5. The molecule has 3 rings (SSSR count). The third-order valence-electron chi connectivity index (χ3n) is 4.29. The van der Waals surface area contributed by atoms with Crippen LogP contribution >= 0.6 is 24.2 Å². The predicted molar refractivity (Wildman–Crippen MR) is 95.8 cm³/mol. The molecular formula is C17H25ClN2S. The van der Waals surface area contributed by atoms with Gasteiger partial charge in [0.1, 0.15) is 0 Å². The van der Waals surface area contributed by atoms with Gasteiger partial charge in [-0.2, -0.15) is 0 Å². The number of hydrogen-bond acceptors (Lipinski definition) is 2. The van der Waals surface area contributed by atoms with Crippen LogP contribution in [0.4, 0.5) is 0 Å². The average Bonchev–Trinajstić information content (AvgIpc) is 2.79. The minimum atomic E-state index is 0. The minimum Gasteiger partial charge on any atom is -0.335 e. The molecule has 0 amide bonds. The van der Waals surface area contributed by atoms with E-state index >= 15 is 0 Å². The first-order chi connectivity index (χ1) is 9.72. The molecule has 0 saturated carbocycles. The Kier molecular flexibility index (Phi) is 5.64. The molecule has 0 aliphatic carbocycles. The van der Waals surface area contributed by atoms with Crippen molar-refractivity contribution in [1.82, 2.24) is 4.57 Å². The number of para-hydroxylation sites is 1. The molecule has 116 valence electrons. The fraction of sp³-hybridized carbons (Fsp3) is 0.529. The largest absolute Gasteiger partial charge is 0.335 e. The van der Waals surface area contributed by atoms with E-state index < -0.39 is 0 Å². The number of halogens is 1. The van der Waals surface area contributed by atoms with E-state index in [1.807, 2.05) is 11.8 Å². The number of nitrogens with two attached hydrogens (primary N) is 1. The zero-order valence-electron chi connectivity index (χ0n) is 12.8. The van der Waals surface area contributed by atoms with Crippen molar-refractivity contribution in [2.45, 2.75) is 44.2 Å². The topological polar surface area (TPSA) is 30.9 Å². The number of aromatic nitrogens is 1. The van der Waals surface area contributed by atoms with Gasteiger partial charge in [-0.3, -0.25) is 0 Å². The summed E-state index contributed by atoms with van der Waals surface area (Å²) in [6, 6.07) is 8.85. The van der Waals surface area contributed by atoms with Gasteiger partial charge in [-0.05, 0) is 36.9 Å². The summed E-state index contributed by atoms with van der Waals surface area (Å²) >= 11 is 2.02. The molecule has 0 saturated heterocycles. The second-order valence-electron chi connectivity index (χ2n) is 6.14. The first kappa shape index (κ1) is 16.7. The third kappa shape index (κ3) is 3.10. The molecule has 0 radical (unpaired) electrons. The van der Waals surface area contributed by atoms with E-state index in [0.29, 0.717) is 5.92 Å². The van der Waals surface area contributed by atoms with Gasteiger partial charge in [-0.15, -0.1) is 24.2 Å². The van der Waals surface area contributed by atoms with Crippen molar-refractivity contribution < 1.29 is 0 Å². The summed E-state index contributed by atoms with van der Waals surface area (Å²) in [4.78, 5) is 0. The molecule has 0 fully saturated rings. The molecule has 1 aliphatic rings. The molecule has 4 heteroatoms. The first-order valence-electron chi connectivity index (χ1n) is 7.66. The molecule has 0 spiro atoms. The van der Waals surface area contributed by atoms with E-state index in [9.17, 15) is 0 Å². The molecule has 1 aromatic heterocycles. The Labute approximate surface area is 137 Å². The molecular weight excluding hydrogens is 300 g/mol. The fourth-order valence-electron chi connectivity index (χ4n) is 3.14. The molecule has 1 aliphatic heterocycles. The summed E-state index contributed by atoms with van der Waals surface area (Å²) in [5.41, 5.74) is 8.93. The second kappa shape index (κ2) is 7.08. The van der Waals surface area contributed by atoms with E-state index in [0.717, 1.165) is 19.0 Å². The normalized spacial score (nSPS) is 17.8. The Morgan fingerprint density at radius 1 is 1.33 bits per heavy atom. The van der Waals surface area contributed by atoms with E-state index in [2.05, 4.69) is 42.7 Å². The van der Waals surface area contributed by atoms with Crippen molar-refractivity contribution in [3.05, 3.63) is 29.8 Å². The summed E-state index contributed by atoms with van der Waals surface area (Å²) < 4.78 is 2.54. The summed E-state index contributed by atoms with van der Waals surface area (Å²) in [5, 5.41) is 2.91. The molecule has 2 nitrogen and oxygen atoms in total. The highest BCUT2D eigenvalue weighted by Gasteiger charge is 2.26. The van der Waals surface area contributed by atoms with Crippen molar-refractivity contribution in [2.24, 2.45) is 11.7 Å². The summed E-state index contributed by atoms with van der Waals surface area (Å²) in [5.74, 6) is 2.48. The van der Waals surface area contributed by atoms with Crippen LogP contribution in [0.1, 0.15) is 38.2 Å². The summed E-state index contributed by atoms with van der Waals surface area (Å²) in [7, 11) is 0. The van der Waals surface area contributed by atoms with Gasteiger partial charge in [0.05, 0.1) is 5.03 Å². The van der Waals surface area contributed by atoms with Crippen LogP contribution in [0.5, 0.6) is 0 Å². The van der Waals surface area contributed by atoms with Crippen LogP contribution in [-0.2, 0) is 6.54 Å². The Bertz CT molecular complexity index is 606. The predicted octanol–water partition coefficient (Wildman–Crippen LogP) is 4.65. The van der Waals surface area contributed by atoms with Crippen LogP contribution in [0.2, 0.25) is 0 Å². The number of benzene rings is 1. The molecule has 2 heterocycles. The lowest BCUT2D eigenvalue weighted by Gasteiger charge is -2.23. The maximum Gasteiger partial charge on any atom is 0.0795 e. The molecule has 21 heavy (non-hydrogen) atoms. The highest BCUT2D eigenvalue weighted by Crippen LogP contribution is 2.43. The molecule has 2 N–H and O–H groups in total. The Morgan fingerprint density at radius 2 is 2.10 bits per heavy atom. The third-order valence-corrected chi connectivity index (χ3v) is 5.44. The number of hydrogen-bond donors (Lipinski definition) is 1. The van der Waals surface area contributed by atoms with Gasteiger partial charge in [-0.1, -0.05) is 32.0 Å². The molecule has 0 bridgehead atoms. The molecule has 1 unspecified atom stereocenters. The lowest BCUT2D eigenvalue weighted by molar-refractivity contribution is 0.502. The maximum absolute atomic E-state index is 6.02. The van der Waals surface area contributed by atoms with Gasteiger partial charge in [-0.25, -0.2) is 0 Å². The highest BCUT2D eigenvalue weighted by atomic mass is 35.5. The number of aryl methyl sites for hydroxylation is 1. The van der Waals surface area contributed by atoms with E-state index in [-0.39, 0.29) is 12.4 Å². The van der Waals surface area contributed by atoms with Crippen LogP contribution in [0.25, 0.3) is 10.9 Å². The van der Waals surface area contributed by atoms with Gasteiger partial charge in [0.25, 0.3) is 0 Å². The van der Waals surface area contributed by atoms with Gasteiger partial charge < -0.3 is 10.3 Å². The van der Waals surface area contributed by atoms with Crippen LogP contribution in [0.3, 0.4) is 0 Å². The monoisotopic (exact) mass is 324 g/mol. The quantitative estimate of drug-likeness (QED) is 0.887. The highest BCUT2D eigenvalue weighted by molar-refractivity contribution is 7.99. The van der Waals surface area contributed by atoms with Crippen molar-refractivity contribution in [1.29, 1.82) is 0 Å². The number of nitrogens with zero attached hydrogens (tertiary/aromatic N) is 1. The lowest BCUT2D eigenvalue weighted by Crippen LogP contribution is -2.17. The zero-order chi connectivity index (χ0) is 14.1. The average molecular weight is 325 g/mol. The van der Waals surface area contributed by atoms with E-state index in [1.54, 1.807) is 0 Å². The van der Waals surface area contributed by atoms with Gasteiger partial charge in [0, 0.05) is 29.1 Å². The SMILES string of the molecule is CC(C)CCn1c2c(c3ccccc31)C(CN)CCS2.Cl. The minimum absolute atomic E-state index is 0. The van der Waals surface area contributed by atoms with Gasteiger partial charge in [0.2, 0.25) is 0 Å². The standard InChI is InChI=1S/C17H24N2S.ClH/c1-12(2)7-9-19-15-6-4-3-5-14(15)16-13(11-18)8-10-20-17(16)19;/h3-6,12-13H,7-11,18H2,1-2H3;1H. The van der Waals surface area contributed by atoms with Gasteiger partial charge >= 0.3 is 0 Å². The smallest absolute Gasteiger partial charge is 0.0795 e. The van der Waals surface area contributed by atoms with Crippen molar-refractivity contribution >= 4 is 35.1 Å².